The molecule has 2 heterocycles. The average molecular weight is 357 g/mol. The molecule has 0 spiro atoms. The first-order valence-corrected chi connectivity index (χ1v) is 8.14. The summed E-state index contributed by atoms with van der Waals surface area (Å²) in [5, 5.41) is 6.17. The largest absolute Gasteiger partial charge is 0.350 e. The van der Waals surface area contributed by atoms with Crippen molar-refractivity contribution in [2.24, 2.45) is 0 Å². The monoisotopic (exact) mass is 356 g/mol. The second-order valence-electron chi connectivity index (χ2n) is 5.68. The third-order valence-corrected chi connectivity index (χ3v) is 3.79. The Hall–Kier alpha value is -2.86. The summed E-state index contributed by atoms with van der Waals surface area (Å²) in [7, 11) is 0. The van der Waals surface area contributed by atoms with Crippen molar-refractivity contribution in [1.82, 2.24) is 14.7 Å². The zero-order valence-corrected chi connectivity index (χ0v) is 14.4. The molecule has 0 aliphatic carbocycles. The Bertz CT molecular complexity index is 918. The van der Waals surface area contributed by atoms with E-state index in [1.54, 1.807) is 24.4 Å². The zero-order valence-electron chi connectivity index (χ0n) is 13.6. The number of halogens is 1. The highest BCUT2D eigenvalue weighted by atomic mass is 35.5. The van der Waals surface area contributed by atoms with Crippen LogP contribution in [-0.2, 0) is 22.6 Å². The number of rotatable bonds is 5. The van der Waals surface area contributed by atoms with Gasteiger partial charge in [0.2, 0.25) is 11.8 Å². The first-order valence-electron chi connectivity index (χ1n) is 7.76. The summed E-state index contributed by atoms with van der Waals surface area (Å²) in [6.07, 6.45) is 3.87. The molecule has 128 valence electrons. The van der Waals surface area contributed by atoms with Gasteiger partial charge in [0.1, 0.15) is 5.65 Å². The van der Waals surface area contributed by atoms with E-state index in [4.69, 9.17) is 11.6 Å². The van der Waals surface area contributed by atoms with Gasteiger partial charge in [-0.3, -0.25) is 9.59 Å². The molecule has 0 radical (unpaired) electrons. The van der Waals surface area contributed by atoms with Crippen molar-refractivity contribution in [2.75, 3.05) is 5.32 Å². The van der Waals surface area contributed by atoms with Gasteiger partial charge in [0.25, 0.3) is 0 Å². The number of pyridine rings is 1. The highest BCUT2D eigenvalue weighted by Gasteiger charge is 2.06. The molecule has 2 amide bonds. The molecule has 0 atom stereocenters. The molecule has 2 N–H and O–H groups in total. The van der Waals surface area contributed by atoms with E-state index < -0.39 is 0 Å². The summed E-state index contributed by atoms with van der Waals surface area (Å²) in [4.78, 5) is 27.5. The molecule has 0 fully saturated rings. The van der Waals surface area contributed by atoms with Gasteiger partial charge < -0.3 is 15.0 Å². The standard InChI is InChI=1S/C18H17ClN4O2/c1-12(24)21-15-5-2-13(3-6-15)8-18(25)20-9-16-11-23-10-14(19)4-7-17(23)22-16/h2-7,10-11H,8-9H2,1H3,(H,20,25)(H,21,24). The van der Waals surface area contributed by atoms with Crippen LogP contribution in [0, 0.1) is 0 Å². The van der Waals surface area contributed by atoms with Crippen LogP contribution in [0.25, 0.3) is 5.65 Å². The lowest BCUT2D eigenvalue weighted by Gasteiger charge is -2.05. The molecule has 6 nitrogen and oxygen atoms in total. The number of fused-ring (bicyclic) bond motifs is 1. The van der Waals surface area contributed by atoms with Gasteiger partial charge in [-0.2, -0.15) is 0 Å². The maximum absolute atomic E-state index is 12.1. The van der Waals surface area contributed by atoms with Crippen LogP contribution in [0.1, 0.15) is 18.2 Å². The number of anilines is 1. The highest BCUT2D eigenvalue weighted by Crippen LogP contribution is 2.12. The Balaban J connectivity index is 1.55. The molecule has 3 rings (SSSR count). The maximum atomic E-state index is 12.1. The van der Waals surface area contributed by atoms with E-state index in [1.807, 2.05) is 28.8 Å². The zero-order chi connectivity index (χ0) is 17.8. The van der Waals surface area contributed by atoms with E-state index >= 15 is 0 Å². The Labute approximate surface area is 149 Å². The van der Waals surface area contributed by atoms with Crippen molar-refractivity contribution in [3.05, 3.63) is 65.1 Å². The van der Waals surface area contributed by atoms with Crippen LogP contribution in [0.3, 0.4) is 0 Å². The molecule has 0 bridgehead atoms. The molecular formula is C18H17ClN4O2. The molecule has 2 aromatic heterocycles. The lowest BCUT2D eigenvalue weighted by Crippen LogP contribution is -2.24. The second kappa shape index (κ2) is 7.36. The molecule has 3 aromatic rings. The number of carbonyl (C=O) groups excluding carboxylic acids is 2. The van der Waals surface area contributed by atoms with Gasteiger partial charge in [0, 0.05) is 25.0 Å². The maximum Gasteiger partial charge on any atom is 0.224 e. The van der Waals surface area contributed by atoms with E-state index in [-0.39, 0.29) is 18.2 Å². The fourth-order valence-electron chi connectivity index (χ4n) is 2.45. The molecule has 0 aliphatic heterocycles. The first kappa shape index (κ1) is 17.0. The van der Waals surface area contributed by atoms with Crippen LogP contribution in [0.4, 0.5) is 5.69 Å². The number of nitrogens with zero attached hydrogens (tertiary/aromatic N) is 2. The number of benzene rings is 1. The fourth-order valence-corrected chi connectivity index (χ4v) is 2.62. The van der Waals surface area contributed by atoms with Crippen molar-refractivity contribution < 1.29 is 9.59 Å². The Morgan fingerprint density at radius 3 is 2.60 bits per heavy atom. The summed E-state index contributed by atoms with van der Waals surface area (Å²) >= 11 is 5.94. The number of nitrogens with one attached hydrogen (secondary N) is 2. The van der Waals surface area contributed by atoms with Crippen LogP contribution in [-0.4, -0.2) is 21.2 Å². The van der Waals surface area contributed by atoms with Gasteiger partial charge in [0.15, 0.2) is 0 Å². The fraction of sp³-hybridized carbons (Fsp3) is 0.167. The van der Waals surface area contributed by atoms with Crippen LogP contribution >= 0.6 is 11.6 Å². The number of hydrogen-bond donors (Lipinski definition) is 2. The van der Waals surface area contributed by atoms with Gasteiger partial charge in [-0.15, -0.1) is 0 Å². The van der Waals surface area contributed by atoms with Gasteiger partial charge in [-0.25, -0.2) is 4.98 Å². The van der Waals surface area contributed by atoms with Gasteiger partial charge in [-0.05, 0) is 29.8 Å². The topological polar surface area (TPSA) is 75.5 Å². The van der Waals surface area contributed by atoms with Crippen molar-refractivity contribution in [2.45, 2.75) is 19.9 Å². The predicted octanol–water partition coefficient (Wildman–Crippen LogP) is 2.81. The Morgan fingerprint density at radius 2 is 1.88 bits per heavy atom. The number of hydrogen-bond acceptors (Lipinski definition) is 3. The summed E-state index contributed by atoms with van der Waals surface area (Å²) in [5.41, 5.74) is 3.12. The normalized spacial score (nSPS) is 10.6. The van der Waals surface area contributed by atoms with E-state index in [0.29, 0.717) is 17.3 Å². The van der Waals surface area contributed by atoms with Crippen LogP contribution < -0.4 is 10.6 Å². The van der Waals surface area contributed by atoms with Crippen molar-refractivity contribution >= 4 is 34.7 Å². The minimum absolute atomic E-state index is 0.0950. The second-order valence-corrected chi connectivity index (χ2v) is 6.11. The van der Waals surface area contributed by atoms with Crippen LogP contribution in [0.15, 0.2) is 48.8 Å². The van der Waals surface area contributed by atoms with E-state index in [1.165, 1.54) is 6.92 Å². The van der Waals surface area contributed by atoms with Crippen LogP contribution in [0.5, 0.6) is 0 Å². The molecular weight excluding hydrogens is 340 g/mol. The number of amides is 2. The minimum Gasteiger partial charge on any atom is -0.350 e. The molecule has 1 aromatic carbocycles. The summed E-state index contributed by atoms with van der Waals surface area (Å²) < 4.78 is 1.82. The lowest BCUT2D eigenvalue weighted by atomic mass is 10.1. The number of carbonyl (C=O) groups is 2. The summed E-state index contributed by atoms with van der Waals surface area (Å²) in [6.45, 7) is 1.80. The summed E-state index contributed by atoms with van der Waals surface area (Å²) in [5.74, 6) is -0.221. The van der Waals surface area contributed by atoms with Crippen LogP contribution in [0.2, 0.25) is 5.02 Å². The lowest BCUT2D eigenvalue weighted by molar-refractivity contribution is -0.120. The van der Waals surface area contributed by atoms with Gasteiger partial charge in [-0.1, -0.05) is 23.7 Å². The summed E-state index contributed by atoms with van der Waals surface area (Å²) in [6, 6.07) is 10.8. The quantitative estimate of drug-likeness (QED) is 0.738. The highest BCUT2D eigenvalue weighted by molar-refractivity contribution is 6.30. The third-order valence-electron chi connectivity index (χ3n) is 3.57. The van der Waals surface area contributed by atoms with Gasteiger partial charge >= 0.3 is 0 Å². The Morgan fingerprint density at radius 1 is 1.12 bits per heavy atom. The minimum atomic E-state index is -0.126. The molecule has 0 aliphatic rings. The third kappa shape index (κ3) is 4.58. The molecule has 0 saturated carbocycles. The van der Waals surface area contributed by atoms with Gasteiger partial charge in [0.05, 0.1) is 23.7 Å². The number of imidazole rings is 1. The molecule has 7 heteroatoms. The van der Waals surface area contributed by atoms with Crippen molar-refractivity contribution in [3.8, 4) is 0 Å². The van der Waals surface area contributed by atoms with Crippen molar-refractivity contribution in [1.29, 1.82) is 0 Å². The predicted molar refractivity (Wildman–Crippen MR) is 96.5 cm³/mol. The van der Waals surface area contributed by atoms with E-state index in [9.17, 15) is 9.59 Å². The molecule has 25 heavy (non-hydrogen) atoms. The van der Waals surface area contributed by atoms with Crippen molar-refractivity contribution in [3.63, 3.8) is 0 Å². The van der Waals surface area contributed by atoms with E-state index in [0.717, 1.165) is 16.9 Å². The SMILES string of the molecule is CC(=O)Nc1ccc(CC(=O)NCc2cn3cc(Cl)ccc3n2)cc1. The smallest absolute Gasteiger partial charge is 0.224 e. The van der Waals surface area contributed by atoms with E-state index in [2.05, 4.69) is 15.6 Å². The molecule has 0 unspecified atom stereocenters. The average Bonchev–Trinajstić information content (AvgIpc) is 2.96. The number of aromatic nitrogens is 2. The molecule has 0 saturated heterocycles. The first-order chi connectivity index (χ1) is 12.0. The Kier molecular flexibility index (Phi) is 5.00.